The Hall–Kier alpha value is -1.30. The number of phenols is 1. The van der Waals surface area contributed by atoms with Crippen molar-refractivity contribution in [3.8, 4) is 5.75 Å². The van der Waals surface area contributed by atoms with Crippen molar-refractivity contribution in [1.29, 1.82) is 0 Å². The van der Waals surface area contributed by atoms with Crippen LogP contribution >= 0.6 is 23.2 Å². The summed E-state index contributed by atoms with van der Waals surface area (Å²) in [7, 11) is 0. The first-order valence-corrected chi connectivity index (χ1v) is 5.13. The third kappa shape index (κ3) is 1.97. The summed E-state index contributed by atoms with van der Waals surface area (Å²) < 4.78 is 1.53. The zero-order chi connectivity index (χ0) is 11.7. The number of benzene rings is 1. The SMILES string of the molecule is NC(c1cc(Cl)cc(Cl)c1O)n1cnnc1. The van der Waals surface area contributed by atoms with E-state index in [0.717, 1.165) is 0 Å². The van der Waals surface area contributed by atoms with Crippen molar-refractivity contribution in [2.45, 2.75) is 6.17 Å². The number of hydrogen-bond acceptors (Lipinski definition) is 4. The topological polar surface area (TPSA) is 77.0 Å². The van der Waals surface area contributed by atoms with Gasteiger partial charge in [-0.15, -0.1) is 10.2 Å². The van der Waals surface area contributed by atoms with E-state index in [2.05, 4.69) is 10.2 Å². The molecule has 2 aromatic rings. The molecule has 0 fully saturated rings. The number of rotatable bonds is 2. The minimum atomic E-state index is -0.633. The van der Waals surface area contributed by atoms with Crippen LogP contribution in [-0.2, 0) is 0 Å². The molecule has 2 rings (SSSR count). The van der Waals surface area contributed by atoms with Crippen molar-refractivity contribution in [2.24, 2.45) is 5.73 Å². The number of halogens is 2. The van der Waals surface area contributed by atoms with Crippen molar-refractivity contribution in [2.75, 3.05) is 0 Å². The van der Waals surface area contributed by atoms with Gasteiger partial charge in [0.1, 0.15) is 24.6 Å². The van der Waals surface area contributed by atoms with Crippen molar-refractivity contribution >= 4 is 23.2 Å². The Morgan fingerprint density at radius 1 is 1.25 bits per heavy atom. The van der Waals surface area contributed by atoms with E-state index in [1.165, 1.54) is 23.3 Å². The Bertz CT molecular complexity index is 500. The molecule has 1 atom stereocenters. The third-order valence-electron chi connectivity index (χ3n) is 2.13. The van der Waals surface area contributed by atoms with Gasteiger partial charge in [0, 0.05) is 10.6 Å². The van der Waals surface area contributed by atoms with Crippen LogP contribution in [0.3, 0.4) is 0 Å². The molecule has 0 radical (unpaired) electrons. The largest absolute Gasteiger partial charge is 0.506 e. The fraction of sp³-hybridized carbons (Fsp3) is 0.111. The van der Waals surface area contributed by atoms with E-state index < -0.39 is 6.17 Å². The van der Waals surface area contributed by atoms with E-state index in [9.17, 15) is 5.11 Å². The Kier molecular flexibility index (Phi) is 3.00. The van der Waals surface area contributed by atoms with Gasteiger partial charge < -0.3 is 10.8 Å². The molecule has 0 aliphatic heterocycles. The Morgan fingerprint density at radius 3 is 2.50 bits per heavy atom. The highest BCUT2D eigenvalue weighted by Gasteiger charge is 2.16. The molecule has 0 saturated heterocycles. The van der Waals surface area contributed by atoms with Crippen molar-refractivity contribution < 1.29 is 5.11 Å². The summed E-state index contributed by atoms with van der Waals surface area (Å²) in [6, 6.07) is 2.99. The first-order valence-electron chi connectivity index (χ1n) is 4.37. The normalized spacial score (nSPS) is 12.7. The molecule has 0 bridgehead atoms. The lowest BCUT2D eigenvalue weighted by Crippen LogP contribution is -2.18. The molecule has 1 aromatic heterocycles. The van der Waals surface area contributed by atoms with Gasteiger partial charge in [0.15, 0.2) is 0 Å². The van der Waals surface area contributed by atoms with Gasteiger partial charge >= 0.3 is 0 Å². The van der Waals surface area contributed by atoms with Crippen LogP contribution in [0.4, 0.5) is 0 Å². The monoisotopic (exact) mass is 258 g/mol. The number of nitrogens with zero attached hydrogens (tertiary/aromatic N) is 3. The molecule has 3 N–H and O–H groups in total. The summed E-state index contributed by atoms with van der Waals surface area (Å²) in [5.74, 6) is -0.0905. The zero-order valence-corrected chi connectivity index (χ0v) is 9.52. The van der Waals surface area contributed by atoms with E-state index in [0.29, 0.717) is 10.6 Å². The number of aromatic hydroxyl groups is 1. The lowest BCUT2D eigenvalue weighted by atomic mass is 10.1. The van der Waals surface area contributed by atoms with Gasteiger partial charge in [-0.25, -0.2) is 0 Å². The average Bonchev–Trinajstić information content (AvgIpc) is 2.75. The minimum Gasteiger partial charge on any atom is -0.506 e. The fourth-order valence-corrected chi connectivity index (χ4v) is 1.83. The third-order valence-corrected chi connectivity index (χ3v) is 2.64. The van der Waals surface area contributed by atoms with E-state index in [1.54, 1.807) is 6.07 Å². The quantitative estimate of drug-likeness (QED) is 0.862. The Morgan fingerprint density at radius 2 is 1.88 bits per heavy atom. The van der Waals surface area contributed by atoms with Gasteiger partial charge in [-0.1, -0.05) is 23.2 Å². The number of phenolic OH excluding ortho intramolecular Hbond substituents is 1. The maximum Gasteiger partial charge on any atom is 0.140 e. The molecule has 0 amide bonds. The summed E-state index contributed by atoms with van der Waals surface area (Å²) in [6.07, 6.45) is 2.25. The number of aromatic nitrogens is 3. The van der Waals surface area contributed by atoms with Gasteiger partial charge in [-0.05, 0) is 12.1 Å². The maximum absolute atomic E-state index is 9.77. The fourth-order valence-electron chi connectivity index (χ4n) is 1.32. The highest BCUT2D eigenvalue weighted by molar-refractivity contribution is 6.35. The second-order valence-electron chi connectivity index (χ2n) is 3.18. The molecular formula is C9H8Cl2N4O. The van der Waals surface area contributed by atoms with E-state index in [1.807, 2.05) is 0 Å². The smallest absolute Gasteiger partial charge is 0.140 e. The highest BCUT2D eigenvalue weighted by atomic mass is 35.5. The molecule has 0 aliphatic carbocycles. The highest BCUT2D eigenvalue weighted by Crippen LogP contribution is 2.34. The van der Waals surface area contributed by atoms with E-state index >= 15 is 0 Å². The second kappa shape index (κ2) is 4.29. The summed E-state index contributed by atoms with van der Waals surface area (Å²) in [6.45, 7) is 0. The van der Waals surface area contributed by atoms with Gasteiger partial charge in [0.25, 0.3) is 0 Å². The minimum absolute atomic E-state index is 0.0905. The standard InChI is InChI=1S/C9H8Cl2N4O/c10-5-1-6(8(16)7(11)2-5)9(12)15-3-13-14-4-15/h1-4,9,16H,12H2. The predicted octanol–water partition coefficient (Wildman–Crippen LogP) is 1.80. The van der Waals surface area contributed by atoms with Crippen molar-refractivity contribution in [3.05, 3.63) is 40.4 Å². The summed E-state index contributed by atoms with van der Waals surface area (Å²) >= 11 is 11.6. The number of nitrogens with two attached hydrogens (primary N) is 1. The molecule has 84 valence electrons. The molecule has 1 aromatic carbocycles. The van der Waals surface area contributed by atoms with Crippen LogP contribution in [0.2, 0.25) is 10.0 Å². The average molecular weight is 259 g/mol. The van der Waals surface area contributed by atoms with Crippen molar-refractivity contribution in [3.63, 3.8) is 0 Å². The van der Waals surface area contributed by atoms with Crippen LogP contribution in [0, 0.1) is 0 Å². The molecule has 1 unspecified atom stereocenters. The molecule has 16 heavy (non-hydrogen) atoms. The number of hydrogen-bond donors (Lipinski definition) is 2. The van der Waals surface area contributed by atoms with Crippen LogP contribution in [0.1, 0.15) is 11.7 Å². The van der Waals surface area contributed by atoms with Crippen LogP contribution in [-0.4, -0.2) is 19.9 Å². The van der Waals surface area contributed by atoms with Gasteiger partial charge in [-0.3, -0.25) is 4.57 Å². The molecule has 5 nitrogen and oxygen atoms in total. The van der Waals surface area contributed by atoms with Gasteiger partial charge in [0.2, 0.25) is 0 Å². The van der Waals surface area contributed by atoms with Crippen molar-refractivity contribution in [1.82, 2.24) is 14.8 Å². The summed E-state index contributed by atoms with van der Waals surface area (Å²) in [5, 5.41) is 17.6. The summed E-state index contributed by atoms with van der Waals surface area (Å²) in [4.78, 5) is 0. The molecular weight excluding hydrogens is 251 g/mol. The summed E-state index contributed by atoms with van der Waals surface area (Å²) in [5.41, 5.74) is 6.32. The molecule has 0 spiro atoms. The first-order chi connectivity index (χ1) is 7.59. The first kappa shape index (κ1) is 11.2. The van der Waals surface area contributed by atoms with Crippen LogP contribution in [0.15, 0.2) is 24.8 Å². The predicted molar refractivity (Wildman–Crippen MR) is 60.5 cm³/mol. The second-order valence-corrected chi connectivity index (χ2v) is 4.02. The zero-order valence-electron chi connectivity index (χ0n) is 8.01. The molecule has 1 heterocycles. The van der Waals surface area contributed by atoms with E-state index in [4.69, 9.17) is 28.9 Å². The Labute approximate surface area is 101 Å². The van der Waals surface area contributed by atoms with Gasteiger partial charge in [-0.2, -0.15) is 0 Å². The van der Waals surface area contributed by atoms with E-state index in [-0.39, 0.29) is 10.8 Å². The lowest BCUT2D eigenvalue weighted by molar-refractivity contribution is 0.454. The molecule has 0 saturated carbocycles. The van der Waals surface area contributed by atoms with Crippen LogP contribution < -0.4 is 5.73 Å². The van der Waals surface area contributed by atoms with Crippen LogP contribution in [0.25, 0.3) is 0 Å². The Balaban J connectivity index is 2.48. The van der Waals surface area contributed by atoms with Gasteiger partial charge in [0.05, 0.1) is 5.02 Å². The lowest BCUT2D eigenvalue weighted by Gasteiger charge is -2.15. The van der Waals surface area contributed by atoms with Crippen LogP contribution in [0.5, 0.6) is 5.75 Å². The molecule has 7 heteroatoms. The molecule has 0 aliphatic rings. The maximum atomic E-state index is 9.77.